The molecule has 1 amide bonds. The van der Waals surface area contributed by atoms with Crippen LogP contribution in [-0.4, -0.2) is 44.4 Å². The Morgan fingerprint density at radius 1 is 0.969 bits per heavy atom. The summed E-state index contributed by atoms with van der Waals surface area (Å²) in [4.78, 5) is 22.9. The van der Waals surface area contributed by atoms with Gasteiger partial charge in [0.2, 0.25) is 5.78 Å². The number of aromatic nitrogens is 3. The predicted molar refractivity (Wildman–Crippen MR) is 104 cm³/mol. The van der Waals surface area contributed by atoms with Gasteiger partial charge in [0.15, 0.2) is 0 Å². The maximum Gasteiger partial charge on any atom is 0.458 e. The van der Waals surface area contributed by atoms with Crippen molar-refractivity contribution in [2.24, 2.45) is 11.8 Å². The molecule has 1 aromatic carbocycles. The fourth-order valence-corrected chi connectivity index (χ4v) is 5.16. The van der Waals surface area contributed by atoms with Gasteiger partial charge in [0, 0.05) is 31.0 Å². The fourth-order valence-electron chi connectivity index (χ4n) is 5.16. The van der Waals surface area contributed by atoms with Crippen LogP contribution >= 0.6 is 0 Å². The van der Waals surface area contributed by atoms with Gasteiger partial charge in [-0.15, -0.1) is 0 Å². The van der Waals surface area contributed by atoms with E-state index >= 15 is 0 Å². The molecule has 1 saturated carbocycles. The third kappa shape index (κ3) is 3.23. The highest BCUT2D eigenvalue weighted by Crippen LogP contribution is 2.51. The molecule has 168 valence electrons. The minimum Gasteiger partial charge on any atom is -0.337 e. The predicted octanol–water partition coefficient (Wildman–Crippen LogP) is 4.65. The maximum absolute atomic E-state index is 14.1. The molecule has 1 aliphatic carbocycles. The molecule has 3 aromatic rings. The Balaban J connectivity index is 1.34. The van der Waals surface area contributed by atoms with Gasteiger partial charge in [-0.25, -0.2) is 9.97 Å². The number of likely N-dealkylation sites (tertiary alicyclic amines) is 1. The number of fused-ring (bicyclic) bond motifs is 2. The topological polar surface area (TPSA) is 50.5 Å². The van der Waals surface area contributed by atoms with E-state index in [4.69, 9.17) is 0 Å². The molecular weight excluding hydrogens is 431 g/mol. The van der Waals surface area contributed by atoms with Crippen LogP contribution in [0.2, 0.25) is 0 Å². The second kappa shape index (κ2) is 7.25. The van der Waals surface area contributed by atoms with Crippen LogP contribution in [0.5, 0.6) is 0 Å². The van der Waals surface area contributed by atoms with E-state index in [-0.39, 0.29) is 23.3 Å². The molecule has 0 spiro atoms. The van der Waals surface area contributed by atoms with Gasteiger partial charge in [-0.05, 0) is 42.2 Å². The van der Waals surface area contributed by atoms with Crippen LogP contribution in [0.25, 0.3) is 5.78 Å². The van der Waals surface area contributed by atoms with Gasteiger partial charge in [-0.1, -0.05) is 24.3 Å². The summed E-state index contributed by atoms with van der Waals surface area (Å²) in [5.41, 5.74) is -0.529. The summed E-state index contributed by atoms with van der Waals surface area (Å²) >= 11 is 0. The second-order valence-electron chi connectivity index (χ2n) is 8.49. The Kier molecular flexibility index (Phi) is 4.72. The average molecular weight is 450 g/mol. The van der Waals surface area contributed by atoms with Crippen molar-refractivity contribution in [3.63, 3.8) is 0 Å². The van der Waals surface area contributed by atoms with Crippen molar-refractivity contribution in [3.8, 4) is 0 Å². The molecule has 0 radical (unpaired) electrons. The molecule has 2 aromatic heterocycles. The number of hydrogen-bond donors (Lipinski definition) is 0. The van der Waals surface area contributed by atoms with Crippen molar-refractivity contribution in [3.05, 3.63) is 65.7 Å². The lowest BCUT2D eigenvalue weighted by molar-refractivity contribution is -0.289. The summed E-state index contributed by atoms with van der Waals surface area (Å²) < 4.78 is 68.9. The van der Waals surface area contributed by atoms with Crippen molar-refractivity contribution in [1.82, 2.24) is 19.3 Å². The van der Waals surface area contributed by atoms with Crippen molar-refractivity contribution in [1.29, 1.82) is 0 Å². The zero-order valence-electron chi connectivity index (χ0n) is 16.8. The van der Waals surface area contributed by atoms with Crippen LogP contribution in [0.4, 0.5) is 22.0 Å². The number of imidazole rings is 1. The lowest BCUT2D eigenvalue weighted by Gasteiger charge is -2.25. The summed E-state index contributed by atoms with van der Waals surface area (Å²) in [5.74, 6) is -4.98. The summed E-state index contributed by atoms with van der Waals surface area (Å²) in [5, 5.41) is 0. The van der Waals surface area contributed by atoms with Crippen molar-refractivity contribution >= 4 is 11.7 Å². The Morgan fingerprint density at radius 2 is 1.66 bits per heavy atom. The highest BCUT2D eigenvalue weighted by Gasteiger charge is 2.60. The highest BCUT2D eigenvalue weighted by molar-refractivity contribution is 5.93. The first-order chi connectivity index (χ1) is 15.2. The molecule has 5 rings (SSSR count). The first-order valence-electron chi connectivity index (χ1n) is 10.3. The molecule has 32 heavy (non-hydrogen) atoms. The van der Waals surface area contributed by atoms with Gasteiger partial charge < -0.3 is 4.90 Å². The third-order valence-electron chi connectivity index (χ3n) is 6.64. The van der Waals surface area contributed by atoms with Gasteiger partial charge in [0.25, 0.3) is 5.91 Å². The van der Waals surface area contributed by atoms with E-state index in [1.54, 1.807) is 27.8 Å². The first-order valence-corrected chi connectivity index (χ1v) is 10.3. The molecule has 0 bridgehead atoms. The SMILES string of the molecule is O=C(c1cnc2ncccn12)N1C[C@H]2C[C@@H](c3ccccc3C(F)(F)C(F)(F)F)C[C@H]2C1. The van der Waals surface area contributed by atoms with Gasteiger partial charge in [0.05, 0.1) is 6.20 Å². The minimum absolute atomic E-state index is 0.0498. The standard InChI is InChI=1S/C22H19F5N4O/c23-21(24,22(25,26)27)17-5-2-1-4-16(17)13-8-14-11-30(12-15(14)9-13)19(32)18-10-29-20-28-6-3-7-31(18)20/h1-7,10,13-15H,8-9,11-12H2/t13-,14-,15+. The molecular formula is C22H19F5N4O. The van der Waals surface area contributed by atoms with Crippen molar-refractivity contribution < 1.29 is 26.7 Å². The van der Waals surface area contributed by atoms with E-state index in [1.165, 1.54) is 24.4 Å². The molecule has 2 aliphatic rings. The summed E-state index contributed by atoms with van der Waals surface area (Å²) in [6.07, 6.45) is 0.0350. The van der Waals surface area contributed by atoms with E-state index in [9.17, 15) is 26.7 Å². The van der Waals surface area contributed by atoms with E-state index in [0.717, 1.165) is 6.07 Å². The monoisotopic (exact) mass is 450 g/mol. The third-order valence-corrected chi connectivity index (χ3v) is 6.64. The van der Waals surface area contributed by atoms with Crippen LogP contribution in [-0.2, 0) is 5.92 Å². The van der Waals surface area contributed by atoms with Crippen LogP contribution in [0.15, 0.2) is 48.9 Å². The molecule has 1 aliphatic heterocycles. The fraction of sp³-hybridized carbons (Fsp3) is 0.409. The number of hydrogen-bond acceptors (Lipinski definition) is 3. The van der Waals surface area contributed by atoms with Crippen molar-refractivity contribution in [2.75, 3.05) is 13.1 Å². The van der Waals surface area contributed by atoms with Crippen LogP contribution in [0.1, 0.15) is 40.4 Å². The summed E-state index contributed by atoms with van der Waals surface area (Å²) in [6, 6.07) is 6.64. The zero-order chi connectivity index (χ0) is 22.7. The van der Waals surface area contributed by atoms with Crippen LogP contribution in [0, 0.1) is 11.8 Å². The maximum atomic E-state index is 14.1. The number of carbonyl (C=O) groups is 1. The Labute approximate surface area is 179 Å². The zero-order valence-corrected chi connectivity index (χ0v) is 16.8. The van der Waals surface area contributed by atoms with Gasteiger partial charge in [-0.2, -0.15) is 22.0 Å². The molecule has 1 saturated heterocycles. The molecule has 10 heteroatoms. The quantitative estimate of drug-likeness (QED) is 0.546. The number of amides is 1. The lowest BCUT2D eigenvalue weighted by atomic mass is 9.88. The number of carbonyl (C=O) groups excluding carboxylic acids is 1. The number of nitrogens with zero attached hydrogens (tertiary/aromatic N) is 4. The molecule has 3 heterocycles. The smallest absolute Gasteiger partial charge is 0.337 e. The normalized spacial score (nSPS) is 23.7. The first kappa shape index (κ1) is 20.8. The lowest BCUT2D eigenvalue weighted by Crippen LogP contribution is -2.35. The van der Waals surface area contributed by atoms with Crippen molar-refractivity contribution in [2.45, 2.75) is 30.9 Å². The van der Waals surface area contributed by atoms with Gasteiger partial charge in [-0.3, -0.25) is 9.20 Å². The van der Waals surface area contributed by atoms with Crippen LogP contribution < -0.4 is 0 Å². The number of rotatable bonds is 3. The Bertz CT molecular complexity index is 1160. The largest absolute Gasteiger partial charge is 0.458 e. The van der Waals surface area contributed by atoms with Gasteiger partial charge >= 0.3 is 12.1 Å². The van der Waals surface area contributed by atoms with Gasteiger partial charge in [0.1, 0.15) is 5.69 Å². The minimum atomic E-state index is -5.65. The summed E-state index contributed by atoms with van der Waals surface area (Å²) in [6.45, 7) is 0.872. The summed E-state index contributed by atoms with van der Waals surface area (Å²) in [7, 11) is 0. The van der Waals surface area contributed by atoms with E-state index in [1.807, 2.05) is 0 Å². The molecule has 0 N–H and O–H groups in total. The number of benzene rings is 1. The molecule has 5 nitrogen and oxygen atoms in total. The van der Waals surface area contributed by atoms with E-state index in [2.05, 4.69) is 9.97 Å². The van der Waals surface area contributed by atoms with E-state index in [0.29, 0.717) is 37.4 Å². The molecule has 0 unspecified atom stereocenters. The number of alkyl halides is 5. The Morgan fingerprint density at radius 3 is 2.34 bits per heavy atom. The average Bonchev–Trinajstić information content (AvgIpc) is 3.45. The van der Waals surface area contributed by atoms with Crippen LogP contribution in [0.3, 0.4) is 0 Å². The number of halogens is 5. The highest BCUT2D eigenvalue weighted by atomic mass is 19.4. The second-order valence-corrected chi connectivity index (χ2v) is 8.49. The van der Waals surface area contributed by atoms with E-state index < -0.39 is 23.6 Å². The molecule has 3 atom stereocenters. The Hall–Kier alpha value is -3.04. The molecule has 2 fully saturated rings.